The first-order chi connectivity index (χ1) is 14.6. The van der Waals surface area contributed by atoms with Crippen molar-refractivity contribution in [2.75, 3.05) is 33.4 Å². The smallest absolute Gasteiger partial charge is 0.254 e. The molecule has 7 heteroatoms. The molecule has 7 nitrogen and oxygen atoms in total. The van der Waals surface area contributed by atoms with E-state index in [2.05, 4.69) is 16.0 Å². The maximum atomic E-state index is 12.9. The molecule has 1 unspecified atom stereocenters. The van der Waals surface area contributed by atoms with Gasteiger partial charge in [-0.3, -0.25) is 9.59 Å². The number of hydrogen-bond donors (Lipinski definition) is 1. The number of β-lactam (4-membered cyclic amide) rings is 1. The summed E-state index contributed by atoms with van der Waals surface area (Å²) in [6.45, 7) is 2.73. The zero-order chi connectivity index (χ0) is 20.7. The van der Waals surface area contributed by atoms with Gasteiger partial charge in [0, 0.05) is 56.6 Å². The molecule has 160 valence electrons. The van der Waals surface area contributed by atoms with E-state index in [1.54, 1.807) is 7.11 Å². The van der Waals surface area contributed by atoms with Crippen molar-refractivity contribution >= 4 is 22.7 Å². The minimum absolute atomic E-state index is 0.1000. The number of aromatic nitrogens is 1. The van der Waals surface area contributed by atoms with Crippen LogP contribution in [-0.4, -0.2) is 77.7 Å². The third-order valence-corrected chi connectivity index (χ3v) is 7.22. The third kappa shape index (κ3) is 3.03. The normalized spacial score (nSPS) is 24.4. The molecule has 1 N–H and O–H groups in total. The second-order valence-electron chi connectivity index (χ2n) is 8.69. The second-order valence-corrected chi connectivity index (χ2v) is 8.69. The van der Waals surface area contributed by atoms with Crippen LogP contribution in [0.3, 0.4) is 0 Å². The van der Waals surface area contributed by atoms with Crippen LogP contribution in [0.15, 0.2) is 30.5 Å². The quantitative estimate of drug-likeness (QED) is 0.782. The van der Waals surface area contributed by atoms with E-state index in [9.17, 15) is 9.59 Å². The van der Waals surface area contributed by atoms with Crippen LogP contribution >= 0.6 is 0 Å². The highest BCUT2D eigenvalue weighted by molar-refractivity contribution is 5.91. The van der Waals surface area contributed by atoms with Crippen molar-refractivity contribution in [3.05, 3.63) is 36.0 Å². The number of ether oxygens (including phenoxy) is 2. The van der Waals surface area contributed by atoms with Crippen molar-refractivity contribution in [2.24, 2.45) is 0 Å². The van der Waals surface area contributed by atoms with Crippen LogP contribution in [0.2, 0.25) is 0 Å². The Labute approximate surface area is 176 Å². The molecular formula is C23H29N3O4. The summed E-state index contributed by atoms with van der Waals surface area (Å²) >= 11 is 0. The summed E-state index contributed by atoms with van der Waals surface area (Å²) < 4.78 is 11.1. The highest BCUT2D eigenvalue weighted by Crippen LogP contribution is 2.45. The van der Waals surface area contributed by atoms with Gasteiger partial charge < -0.3 is 24.3 Å². The number of methoxy groups -OCH3 is 1. The molecule has 2 amide bonds. The minimum Gasteiger partial charge on any atom is -0.381 e. The van der Waals surface area contributed by atoms with Gasteiger partial charge in [-0.15, -0.1) is 0 Å². The summed E-state index contributed by atoms with van der Waals surface area (Å²) in [6, 6.07) is 8.25. The van der Waals surface area contributed by atoms with Gasteiger partial charge >= 0.3 is 0 Å². The second kappa shape index (κ2) is 7.71. The van der Waals surface area contributed by atoms with E-state index in [1.807, 2.05) is 29.3 Å². The van der Waals surface area contributed by atoms with Crippen LogP contribution in [0.5, 0.6) is 0 Å². The molecule has 1 atom stereocenters. The molecule has 0 aliphatic carbocycles. The van der Waals surface area contributed by atoms with E-state index in [0.717, 1.165) is 42.1 Å². The van der Waals surface area contributed by atoms with Crippen molar-refractivity contribution < 1.29 is 19.1 Å². The van der Waals surface area contributed by atoms with Gasteiger partial charge in [-0.05, 0) is 37.3 Å². The number of H-pyrrole nitrogens is 1. The summed E-state index contributed by atoms with van der Waals surface area (Å²) in [6.07, 6.45) is 5.31. The van der Waals surface area contributed by atoms with Crippen molar-refractivity contribution in [2.45, 2.75) is 49.8 Å². The predicted molar refractivity (Wildman–Crippen MR) is 112 cm³/mol. The average Bonchev–Trinajstić information content (AvgIpc) is 3.18. The molecule has 1 aromatic heterocycles. The van der Waals surface area contributed by atoms with Crippen LogP contribution in [0.1, 0.15) is 31.2 Å². The van der Waals surface area contributed by atoms with Crippen LogP contribution in [0.25, 0.3) is 10.9 Å². The summed E-state index contributed by atoms with van der Waals surface area (Å²) in [7, 11) is 1.63. The number of hydrogen-bond acceptors (Lipinski definition) is 4. The van der Waals surface area contributed by atoms with Crippen LogP contribution in [-0.2, 0) is 25.5 Å². The molecule has 3 saturated heterocycles. The Morgan fingerprint density at radius 3 is 2.70 bits per heavy atom. The fourth-order valence-corrected chi connectivity index (χ4v) is 5.65. The fourth-order valence-electron chi connectivity index (χ4n) is 5.65. The SMILES string of the molecule is COC1C(=O)N(C2CCN(C(=O)Cc3c[nH]c4ccccc34)CC2)C12CCOCC2. The molecule has 3 aliphatic heterocycles. The van der Waals surface area contributed by atoms with Gasteiger partial charge in [-0.1, -0.05) is 18.2 Å². The molecule has 0 saturated carbocycles. The molecule has 3 aliphatic rings. The summed E-state index contributed by atoms with van der Waals surface area (Å²) in [5.41, 5.74) is 1.88. The first kappa shape index (κ1) is 19.6. The van der Waals surface area contributed by atoms with Gasteiger partial charge in [0.25, 0.3) is 5.91 Å². The molecule has 5 rings (SSSR count). The van der Waals surface area contributed by atoms with Crippen LogP contribution in [0, 0.1) is 0 Å². The Morgan fingerprint density at radius 1 is 1.23 bits per heavy atom. The average molecular weight is 412 g/mol. The van der Waals surface area contributed by atoms with E-state index >= 15 is 0 Å². The maximum absolute atomic E-state index is 12.9. The Bertz CT molecular complexity index is 941. The standard InChI is InChI=1S/C23H29N3O4/c1-29-21-22(28)26(23(21)8-12-30-13-9-23)17-6-10-25(11-7-17)20(27)14-16-15-24-19-5-3-2-4-18(16)19/h2-5,15,17,21,24H,6-14H2,1H3. The number of amides is 2. The zero-order valence-corrected chi connectivity index (χ0v) is 17.4. The number of benzene rings is 1. The summed E-state index contributed by atoms with van der Waals surface area (Å²) in [5.74, 6) is 0.256. The lowest BCUT2D eigenvalue weighted by Crippen LogP contribution is -2.79. The number of carbonyl (C=O) groups is 2. The van der Waals surface area contributed by atoms with E-state index < -0.39 is 0 Å². The van der Waals surface area contributed by atoms with Crippen LogP contribution < -0.4 is 0 Å². The van der Waals surface area contributed by atoms with Crippen molar-refractivity contribution in [3.8, 4) is 0 Å². The lowest BCUT2D eigenvalue weighted by Gasteiger charge is -2.61. The first-order valence-corrected chi connectivity index (χ1v) is 10.9. The highest BCUT2D eigenvalue weighted by atomic mass is 16.5. The van der Waals surface area contributed by atoms with Crippen molar-refractivity contribution in [1.29, 1.82) is 0 Å². The van der Waals surface area contributed by atoms with E-state index in [4.69, 9.17) is 9.47 Å². The Balaban J connectivity index is 1.23. The Hall–Kier alpha value is -2.38. The van der Waals surface area contributed by atoms with E-state index in [1.165, 1.54) is 0 Å². The number of rotatable bonds is 4. The monoisotopic (exact) mass is 411 g/mol. The highest BCUT2D eigenvalue weighted by Gasteiger charge is 2.62. The Kier molecular flexibility index (Phi) is 5.03. The lowest BCUT2D eigenvalue weighted by molar-refractivity contribution is -0.213. The molecule has 30 heavy (non-hydrogen) atoms. The molecule has 0 bridgehead atoms. The van der Waals surface area contributed by atoms with Gasteiger partial charge in [0.2, 0.25) is 5.91 Å². The summed E-state index contributed by atoms with van der Waals surface area (Å²) in [4.78, 5) is 33.0. The first-order valence-electron chi connectivity index (χ1n) is 10.9. The molecule has 1 spiro atoms. The van der Waals surface area contributed by atoms with Gasteiger partial charge in [-0.25, -0.2) is 0 Å². The van der Waals surface area contributed by atoms with Gasteiger partial charge in [0.05, 0.1) is 12.0 Å². The number of fused-ring (bicyclic) bond motifs is 1. The molecular weight excluding hydrogens is 382 g/mol. The van der Waals surface area contributed by atoms with Crippen molar-refractivity contribution in [1.82, 2.24) is 14.8 Å². The maximum Gasteiger partial charge on any atom is 0.254 e. The molecule has 2 aromatic rings. The van der Waals surface area contributed by atoms with Crippen molar-refractivity contribution in [3.63, 3.8) is 0 Å². The largest absolute Gasteiger partial charge is 0.381 e. The Morgan fingerprint density at radius 2 is 1.97 bits per heavy atom. The number of para-hydroxylation sites is 1. The predicted octanol–water partition coefficient (Wildman–Crippen LogP) is 2.11. The van der Waals surface area contributed by atoms with E-state index in [-0.39, 0.29) is 29.5 Å². The number of carbonyl (C=O) groups excluding carboxylic acids is 2. The van der Waals surface area contributed by atoms with Gasteiger partial charge in [0.1, 0.15) is 0 Å². The number of aromatic amines is 1. The van der Waals surface area contributed by atoms with E-state index in [0.29, 0.717) is 32.7 Å². The topological polar surface area (TPSA) is 74.9 Å². The van der Waals surface area contributed by atoms with Gasteiger partial charge in [0.15, 0.2) is 6.10 Å². The lowest BCUT2D eigenvalue weighted by atomic mass is 9.72. The summed E-state index contributed by atoms with van der Waals surface area (Å²) in [5, 5.41) is 1.11. The third-order valence-electron chi connectivity index (χ3n) is 7.22. The fraction of sp³-hybridized carbons (Fsp3) is 0.565. The van der Waals surface area contributed by atoms with Crippen LogP contribution in [0.4, 0.5) is 0 Å². The number of nitrogens with zero attached hydrogens (tertiary/aromatic N) is 2. The van der Waals surface area contributed by atoms with Gasteiger partial charge in [-0.2, -0.15) is 0 Å². The number of nitrogens with one attached hydrogen (secondary N) is 1. The minimum atomic E-state index is -0.345. The molecule has 1 aromatic carbocycles. The molecule has 0 radical (unpaired) electrons. The zero-order valence-electron chi connectivity index (χ0n) is 17.4. The number of likely N-dealkylation sites (tertiary alicyclic amines) is 2. The number of piperidine rings is 1. The molecule has 3 fully saturated rings. The molecule has 4 heterocycles.